The van der Waals surface area contributed by atoms with Gasteiger partial charge < -0.3 is 4.74 Å². The largest absolute Gasteiger partial charge is 0.374 e. The smallest absolute Gasteiger partial charge is 0.0611 e. The SMILES string of the molecule is C=CCCC1OC2CCCCCCCCCCC2C1C. The Hall–Kier alpha value is -0.300. The molecule has 1 aliphatic heterocycles. The van der Waals surface area contributed by atoms with Gasteiger partial charge in [0.2, 0.25) is 0 Å². The number of hydrogen-bond donors (Lipinski definition) is 0. The first kappa shape index (κ1) is 16.1. The second-order valence-corrected chi connectivity index (χ2v) is 7.01. The molecule has 20 heavy (non-hydrogen) atoms. The Morgan fingerprint density at radius 3 is 2.20 bits per heavy atom. The van der Waals surface area contributed by atoms with Crippen LogP contribution >= 0.6 is 0 Å². The topological polar surface area (TPSA) is 9.23 Å². The molecule has 1 heterocycles. The fourth-order valence-corrected chi connectivity index (χ4v) is 4.19. The fraction of sp³-hybridized carbons (Fsp3) is 0.895. The minimum Gasteiger partial charge on any atom is -0.374 e. The van der Waals surface area contributed by atoms with Crippen molar-refractivity contribution in [2.75, 3.05) is 0 Å². The van der Waals surface area contributed by atoms with E-state index in [4.69, 9.17) is 4.74 Å². The lowest BCUT2D eigenvalue weighted by atomic mass is 9.81. The van der Waals surface area contributed by atoms with Crippen LogP contribution in [-0.4, -0.2) is 12.2 Å². The number of ether oxygens (including phenoxy) is 1. The van der Waals surface area contributed by atoms with Crippen LogP contribution in [-0.2, 0) is 4.74 Å². The van der Waals surface area contributed by atoms with E-state index >= 15 is 0 Å². The molecule has 4 unspecified atom stereocenters. The lowest BCUT2D eigenvalue weighted by Gasteiger charge is -2.21. The number of fused-ring (bicyclic) bond motifs is 1. The van der Waals surface area contributed by atoms with E-state index in [9.17, 15) is 0 Å². The Kier molecular flexibility index (Phi) is 7.13. The molecular weight excluding hydrogens is 244 g/mol. The number of allylic oxidation sites excluding steroid dienone is 1. The lowest BCUT2D eigenvalue weighted by molar-refractivity contribution is 0.0191. The van der Waals surface area contributed by atoms with E-state index in [1.807, 2.05) is 6.08 Å². The van der Waals surface area contributed by atoms with Gasteiger partial charge in [-0.15, -0.1) is 6.58 Å². The molecule has 0 N–H and O–H groups in total. The number of rotatable bonds is 3. The van der Waals surface area contributed by atoms with Crippen LogP contribution in [0.4, 0.5) is 0 Å². The molecule has 1 aliphatic carbocycles. The van der Waals surface area contributed by atoms with E-state index in [1.54, 1.807) is 0 Å². The molecule has 1 nitrogen and oxygen atoms in total. The zero-order valence-corrected chi connectivity index (χ0v) is 13.5. The molecule has 0 aromatic carbocycles. The summed E-state index contributed by atoms with van der Waals surface area (Å²) >= 11 is 0. The standard InChI is InChI=1S/C19H34O/c1-3-4-14-18-16(2)17-13-11-9-7-5-6-8-10-12-15-19(17)20-18/h3,16-19H,1,4-15H2,2H3. The average molecular weight is 278 g/mol. The molecule has 0 aromatic rings. The minimum atomic E-state index is 0.494. The Bertz CT molecular complexity index is 273. The van der Waals surface area contributed by atoms with Crippen molar-refractivity contribution in [1.29, 1.82) is 0 Å². The molecule has 0 amide bonds. The van der Waals surface area contributed by atoms with Crippen molar-refractivity contribution in [1.82, 2.24) is 0 Å². The average Bonchev–Trinajstić information content (AvgIpc) is 2.73. The molecule has 1 saturated heterocycles. The predicted molar refractivity (Wildman–Crippen MR) is 86.9 cm³/mol. The van der Waals surface area contributed by atoms with Crippen LogP contribution in [0.3, 0.4) is 0 Å². The minimum absolute atomic E-state index is 0.494. The van der Waals surface area contributed by atoms with Crippen molar-refractivity contribution in [2.45, 2.75) is 96.2 Å². The molecule has 1 heteroatoms. The van der Waals surface area contributed by atoms with Gasteiger partial charge in [0.15, 0.2) is 0 Å². The van der Waals surface area contributed by atoms with E-state index < -0.39 is 0 Å². The van der Waals surface area contributed by atoms with Crippen LogP contribution < -0.4 is 0 Å². The highest BCUT2D eigenvalue weighted by Gasteiger charge is 2.40. The van der Waals surface area contributed by atoms with Crippen LogP contribution in [0.25, 0.3) is 0 Å². The second-order valence-electron chi connectivity index (χ2n) is 7.01. The van der Waals surface area contributed by atoms with Gasteiger partial charge in [-0.3, -0.25) is 0 Å². The summed E-state index contributed by atoms with van der Waals surface area (Å²) in [6, 6.07) is 0. The predicted octanol–water partition coefficient (Wildman–Crippen LogP) is 5.89. The summed E-state index contributed by atoms with van der Waals surface area (Å²) in [6.07, 6.45) is 19.5. The van der Waals surface area contributed by atoms with Gasteiger partial charge in [-0.05, 0) is 37.5 Å². The molecule has 0 bridgehead atoms. The van der Waals surface area contributed by atoms with Gasteiger partial charge in [0, 0.05) is 0 Å². The summed E-state index contributed by atoms with van der Waals surface area (Å²) in [4.78, 5) is 0. The summed E-state index contributed by atoms with van der Waals surface area (Å²) < 4.78 is 6.44. The first-order valence-electron chi connectivity index (χ1n) is 9.09. The molecule has 2 rings (SSSR count). The normalized spacial score (nSPS) is 36.6. The zero-order valence-electron chi connectivity index (χ0n) is 13.5. The Balaban J connectivity index is 1.90. The number of hydrogen-bond acceptors (Lipinski definition) is 1. The van der Waals surface area contributed by atoms with Crippen LogP contribution in [0, 0.1) is 11.8 Å². The molecule has 2 fully saturated rings. The van der Waals surface area contributed by atoms with Gasteiger partial charge >= 0.3 is 0 Å². The molecule has 0 spiro atoms. The van der Waals surface area contributed by atoms with Crippen LogP contribution in [0.5, 0.6) is 0 Å². The maximum absolute atomic E-state index is 6.44. The first-order valence-corrected chi connectivity index (χ1v) is 9.09. The third kappa shape index (κ3) is 4.62. The molecule has 116 valence electrons. The third-order valence-corrected chi connectivity index (χ3v) is 5.52. The molecule has 2 aliphatic rings. The maximum atomic E-state index is 6.44. The monoisotopic (exact) mass is 278 g/mol. The van der Waals surface area contributed by atoms with E-state index in [0.29, 0.717) is 12.2 Å². The molecule has 1 saturated carbocycles. The van der Waals surface area contributed by atoms with Crippen molar-refractivity contribution in [3.05, 3.63) is 12.7 Å². The summed E-state index contributed by atoms with van der Waals surface area (Å²) in [6.45, 7) is 6.29. The highest BCUT2D eigenvalue weighted by atomic mass is 16.5. The van der Waals surface area contributed by atoms with Crippen molar-refractivity contribution >= 4 is 0 Å². The molecule has 0 aromatic heterocycles. The third-order valence-electron chi connectivity index (χ3n) is 5.52. The highest BCUT2D eigenvalue weighted by Crippen LogP contribution is 2.40. The van der Waals surface area contributed by atoms with Crippen LogP contribution in [0.15, 0.2) is 12.7 Å². The maximum Gasteiger partial charge on any atom is 0.0611 e. The van der Waals surface area contributed by atoms with Gasteiger partial charge in [0.05, 0.1) is 12.2 Å². The summed E-state index contributed by atoms with van der Waals surface area (Å²) in [5.74, 6) is 1.58. The Morgan fingerprint density at radius 1 is 0.950 bits per heavy atom. The molecule has 0 radical (unpaired) electrons. The summed E-state index contributed by atoms with van der Waals surface area (Å²) in [5.41, 5.74) is 0. The van der Waals surface area contributed by atoms with E-state index in [2.05, 4.69) is 13.5 Å². The lowest BCUT2D eigenvalue weighted by Crippen LogP contribution is -2.20. The highest BCUT2D eigenvalue weighted by molar-refractivity contribution is 4.89. The second kappa shape index (κ2) is 8.87. The van der Waals surface area contributed by atoms with Gasteiger partial charge in [0.25, 0.3) is 0 Å². The van der Waals surface area contributed by atoms with E-state index in [0.717, 1.165) is 18.3 Å². The van der Waals surface area contributed by atoms with Crippen molar-refractivity contribution in [2.24, 2.45) is 11.8 Å². The Morgan fingerprint density at radius 2 is 1.55 bits per heavy atom. The van der Waals surface area contributed by atoms with Crippen molar-refractivity contribution in [3.63, 3.8) is 0 Å². The van der Waals surface area contributed by atoms with Crippen molar-refractivity contribution < 1.29 is 4.74 Å². The fourth-order valence-electron chi connectivity index (χ4n) is 4.19. The summed E-state index contributed by atoms with van der Waals surface area (Å²) in [7, 11) is 0. The van der Waals surface area contributed by atoms with Crippen LogP contribution in [0.1, 0.15) is 84.0 Å². The molecule has 4 atom stereocenters. The van der Waals surface area contributed by atoms with Gasteiger partial charge in [0.1, 0.15) is 0 Å². The van der Waals surface area contributed by atoms with Gasteiger partial charge in [-0.1, -0.05) is 64.4 Å². The zero-order chi connectivity index (χ0) is 14.2. The Labute approximate surface area is 126 Å². The quantitative estimate of drug-likeness (QED) is 0.585. The van der Waals surface area contributed by atoms with E-state index in [-0.39, 0.29) is 0 Å². The summed E-state index contributed by atoms with van der Waals surface area (Å²) in [5, 5.41) is 0. The van der Waals surface area contributed by atoms with Gasteiger partial charge in [-0.25, -0.2) is 0 Å². The van der Waals surface area contributed by atoms with Gasteiger partial charge in [-0.2, -0.15) is 0 Å². The van der Waals surface area contributed by atoms with E-state index in [1.165, 1.54) is 70.6 Å². The van der Waals surface area contributed by atoms with Crippen LogP contribution in [0.2, 0.25) is 0 Å². The molecular formula is C19H34O. The van der Waals surface area contributed by atoms with Crippen molar-refractivity contribution in [3.8, 4) is 0 Å². The first-order chi connectivity index (χ1) is 9.83.